The Hall–Kier alpha value is -3.06. The highest BCUT2D eigenvalue weighted by Gasteiger charge is 2.14. The molecular formula is C23H19N. The average molecular weight is 309 g/mol. The molecule has 0 heterocycles. The molecule has 0 aromatic heterocycles. The molecule has 0 spiro atoms. The summed E-state index contributed by atoms with van der Waals surface area (Å²) in [5.74, 6) is 0. The third-order valence-electron chi connectivity index (χ3n) is 4.46. The molecule has 4 aromatic carbocycles. The van der Waals surface area contributed by atoms with Gasteiger partial charge in [-0.15, -0.1) is 0 Å². The number of benzene rings is 4. The fraction of sp³-hybridized carbons (Fsp3) is 0.0435. The van der Waals surface area contributed by atoms with Crippen LogP contribution in [0.25, 0.3) is 21.9 Å². The predicted molar refractivity (Wildman–Crippen MR) is 104 cm³/mol. The monoisotopic (exact) mass is 309 g/mol. The zero-order chi connectivity index (χ0) is 16.4. The molecule has 0 amide bonds. The van der Waals surface area contributed by atoms with E-state index in [2.05, 4.69) is 109 Å². The third kappa shape index (κ3) is 2.55. The average Bonchev–Trinajstić information content (AvgIpc) is 2.68. The van der Waals surface area contributed by atoms with E-state index < -0.39 is 0 Å². The summed E-state index contributed by atoms with van der Waals surface area (Å²) in [6, 6.07) is 34.1. The van der Waals surface area contributed by atoms with Crippen molar-refractivity contribution >= 4 is 22.1 Å². The standard InChI is InChI=1S/C23H19N/c1-24(20-13-6-3-7-14-20)23-21-15-9-8-12-19(21)16-17-22(23)18-10-4-2-5-11-18/h2-17H,1H3. The van der Waals surface area contributed by atoms with Crippen molar-refractivity contribution in [2.45, 2.75) is 0 Å². The number of para-hydroxylation sites is 1. The molecule has 4 rings (SSSR count). The molecule has 1 nitrogen and oxygen atoms in total. The van der Waals surface area contributed by atoms with E-state index in [1.165, 1.54) is 33.3 Å². The van der Waals surface area contributed by atoms with Crippen LogP contribution in [0.3, 0.4) is 0 Å². The first-order valence-electron chi connectivity index (χ1n) is 8.20. The molecular weight excluding hydrogens is 290 g/mol. The van der Waals surface area contributed by atoms with Gasteiger partial charge in [0.05, 0.1) is 5.69 Å². The van der Waals surface area contributed by atoms with Crippen LogP contribution in [-0.4, -0.2) is 7.05 Å². The Balaban J connectivity index is 2.00. The quantitative estimate of drug-likeness (QED) is 0.431. The van der Waals surface area contributed by atoms with Gasteiger partial charge in [-0.25, -0.2) is 0 Å². The summed E-state index contributed by atoms with van der Waals surface area (Å²) in [6.45, 7) is 0. The van der Waals surface area contributed by atoms with E-state index in [9.17, 15) is 0 Å². The van der Waals surface area contributed by atoms with E-state index >= 15 is 0 Å². The third-order valence-corrected chi connectivity index (χ3v) is 4.46. The minimum Gasteiger partial charge on any atom is -0.344 e. The minimum absolute atomic E-state index is 1.19. The van der Waals surface area contributed by atoms with Crippen molar-refractivity contribution in [3.8, 4) is 11.1 Å². The zero-order valence-corrected chi connectivity index (χ0v) is 13.7. The Morgan fingerprint density at radius 2 is 1.21 bits per heavy atom. The first kappa shape index (κ1) is 14.5. The summed E-state index contributed by atoms with van der Waals surface area (Å²) in [5.41, 5.74) is 4.92. The lowest BCUT2D eigenvalue weighted by Crippen LogP contribution is -2.11. The van der Waals surface area contributed by atoms with E-state index in [4.69, 9.17) is 0 Å². The summed E-state index contributed by atoms with van der Waals surface area (Å²) in [5, 5.41) is 2.53. The molecule has 0 radical (unpaired) electrons. The number of hydrogen-bond donors (Lipinski definition) is 0. The van der Waals surface area contributed by atoms with Gasteiger partial charge in [-0.2, -0.15) is 0 Å². The zero-order valence-electron chi connectivity index (χ0n) is 13.7. The Bertz CT molecular complexity index is 959. The summed E-state index contributed by atoms with van der Waals surface area (Å²) >= 11 is 0. The Morgan fingerprint density at radius 1 is 0.583 bits per heavy atom. The van der Waals surface area contributed by atoms with Crippen molar-refractivity contribution in [2.24, 2.45) is 0 Å². The van der Waals surface area contributed by atoms with E-state index in [1.54, 1.807) is 0 Å². The van der Waals surface area contributed by atoms with E-state index in [1.807, 2.05) is 0 Å². The second kappa shape index (κ2) is 6.21. The maximum absolute atomic E-state index is 2.28. The molecule has 0 aliphatic carbocycles. The fourth-order valence-electron chi connectivity index (χ4n) is 3.25. The van der Waals surface area contributed by atoms with Crippen LogP contribution in [0.15, 0.2) is 97.1 Å². The van der Waals surface area contributed by atoms with Gasteiger partial charge in [-0.3, -0.25) is 0 Å². The highest BCUT2D eigenvalue weighted by molar-refractivity contribution is 6.03. The summed E-state index contributed by atoms with van der Waals surface area (Å²) in [7, 11) is 2.14. The minimum atomic E-state index is 1.19. The summed E-state index contributed by atoms with van der Waals surface area (Å²) < 4.78 is 0. The van der Waals surface area contributed by atoms with Crippen LogP contribution in [0.2, 0.25) is 0 Å². The van der Waals surface area contributed by atoms with Gasteiger partial charge in [0, 0.05) is 23.7 Å². The molecule has 0 bridgehead atoms. The molecule has 4 aromatic rings. The van der Waals surface area contributed by atoms with Crippen LogP contribution in [0.4, 0.5) is 11.4 Å². The number of fused-ring (bicyclic) bond motifs is 1. The first-order valence-corrected chi connectivity index (χ1v) is 8.20. The van der Waals surface area contributed by atoms with Gasteiger partial charge in [-0.1, -0.05) is 84.9 Å². The van der Waals surface area contributed by atoms with Crippen LogP contribution in [0, 0.1) is 0 Å². The van der Waals surface area contributed by atoms with Gasteiger partial charge in [0.1, 0.15) is 0 Å². The highest BCUT2D eigenvalue weighted by atomic mass is 15.1. The smallest absolute Gasteiger partial charge is 0.0567 e. The maximum Gasteiger partial charge on any atom is 0.0567 e. The number of anilines is 2. The molecule has 0 saturated heterocycles. The molecule has 0 atom stereocenters. The van der Waals surface area contributed by atoms with Gasteiger partial charge < -0.3 is 4.90 Å². The second-order valence-corrected chi connectivity index (χ2v) is 5.94. The first-order chi connectivity index (χ1) is 11.8. The molecule has 116 valence electrons. The predicted octanol–water partition coefficient (Wildman–Crippen LogP) is 6.27. The number of nitrogens with zero attached hydrogens (tertiary/aromatic N) is 1. The van der Waals surface area contributed by atoms with Gasteiger partial charge >= 0.3 is 0 Å². The normalized spacial score (nSPS) is 10.7. The molecule has 0 N–H and O–H groups in total. The van der Waals surface area contributed by atoms with Crippen molar-refractivity contribution in [2.75, 3.05) is 11.9 Å². The molecule has 0 unspecified atom stereocenters. The van der Waals surface area contributed by atoms with Gasteiger partial charge in [0.2, 0.25) is 0 Å². The van der Waals surface area contributed by atoms with Crippen LogP contribution in [0.5, 0.6) is 0 Å². The highest BCUT2D eigenvalue weighted by Crippen LogP contribution is 2.39. The van der Waals surface area contributed by atoms with Crippen LogP contribution in [0.1, 0.15) is 0 Å². The Morgan fingerprint density at radius 3 is 1.96 bits per heavy atom. The maximum atomic E-state index is 2.28. The number of rotatable bonds is 3. The molecule has 0 saturated carbocycles. The molecule has 0 fully saturated rings. The van der Waals surface area contributed by atoms with E-state index in [-0.39, 0.29) is 0 Å². The van der Waals surface area contributed by atoms with Gasteiger partial charge in [0.25, 0.3) is 0 Å². The fourth-order valence-corrected chi connectivity index (χ4v) is 3.25. The topological polar surface area (TPSA) is 3.24 Å². The molecule has 1 heteroatoms. The summed E-state index contributed by atoms with van der Waals surface area (Å²) in [4.78, 5) is 2.28. The van der Waals surface area contributed by atoms with Crippen LogP contribution < -0.4 is 4.90 Å². The SMILES string of the molecule is CN(c1ccccc1)c1c(-c2ccccc2)ccc2ccccc12. The van der Waals surface area contributed by atoms with Crippen LogP contribution >= 0.6 is 0 Å². The summed E-state index contributed by atoms with van der Waals surface area (Å²) in [6.07, 6.45) is 0. The van der Waals surface area contributed by atoms with Crippen molar-refractivity contribution in [3.63, 3.8) is 0 Å². The molecule has 24 heavy (non-hydrogen) atoms. The van der Waals surface area contributed by atoms with E-state index in [0.29, 0.717) is 0 Å². The second-order valence-electron chi connectivity index (χ2n) is 5.94. The van der Waals surface area contributed by atoms with Crippen molar-refractivity contribution in [1.82, 2.24) is 0 Å². The Kier molecular flexibility index (Phi) is 3.76. The lowest BCUT2D eigenvalue weighted by Gasteiger charge is -2.25. The van der Waals surface area contributed by atoms with Gasteiger partial charge in [0.15, 0.2) is 0 Å². The lowest BCUT2D eigenvalue weighted by atomic mass is 9.97. The number of hydrogen-bond acceptors (Lipinski definition) is 1. The molecule has 0 aliphatic rings. The van der Waals surface area contributed by atoms with E-state index in [0.717, 1.165) is 0 Å². The largest absolute Gasteiger partial charge is 0.344 e. The lowest BCUT2D eigenvalue weighted by molar-refractivity contribution is 1.22. The van der Waals surface area contributed by atoms with Crippen molar-refractivity contribution in [1.29, 1.82) is 0 Å². The van der Waals surface area contributed by atoms with Gasteiger partial charge in [-0.05, 0) is 23.1 Å². The van der Waals surface area contributed by atoms with Crippen LogP contribution in [-0.2, 0) is 0 Å². The van der Waals surface area contributed by atoms with Crippen molar-refractivity contribution < 1.29 is 0 Å². The van der Waals surface area contributed by atoms with Crippen molar-refractivity contribution in [3.05, 3.63) is 97.1 Å². The molecule has 0 aliphatic heterocycles. The Labute approximate surface area is 142 Å².